The van der Waals surface area contributed by atoms with Gasteiger partial charge in [-0.1, -0.05) is 24.0 Å². The minimum Gasteiger partial charge on any atom is -0.504 e. The number of rotatable bonds is 3. The van der Waals surface area contributed by atoms with Crippen LogP contribution in [0.5, 0.6) is 23.0 Å². The molecule has 2 aliphatic heterocycles. The number of methoxy groups -OCH3 is 1. The minimum atomic E-state index is -0.774. The zero-order valence-electron chi connectivity index (χ0n) is 22.8. The number of guanidine groups is 1. The monoisotopic (exact) mass is 547 g/mol. The number of aromatic hydroxyl groups is 2. The summed E-state index contributed by atoms with van der Waals surface area (Å²) in [6.45, 7) is 1.18. The summed E-state index contributed by atoms with van der Waals surface area (Å²) in [5.74, 6) is 7.71. The lowest BCUT2D eigenvalue weighted by Gasteiger charge is -2.32. The van der Waals surface area contributed by atoms with E-state index >= 15 is 0 Å². The van der Waals surface area contributed by atoms with E-state index in [0.717, 1.165) is 36.0 Å². The first-order valence-corrected chi connectivity index (χ1v) is 14.0. The fourth-order valence-corrected chi connectivity index (χ4v) is 5.94. The number of phenols is 2. The van der Waals surface area contributed by atoms with Crippen LogP contribution >= 0.6 is 0 Å². The van der Waals surface area contributed by atoms with Gasteiger partial charge >= 0.3 is 0 Å². The van der Waals surface area contributed by atoms with Gasteiger partial charge in [0.2, 0.25) is 0 Å². The Morgan fingerprint density at radius 3 is 2.80 bits per heavy atom. The van der Waals surface area contributed by atoms with Gasteiger partial charge in [0.25, 0.3) is 0 Å². The summed E-state index contributed by atoms with van der Waals surface area (Å²) in [5.41, 5.74) is 9.76. The van der Waals surface area contributed by atoms with E-state index in [1.54, 1.807) is 6.07 Å². The number of ketones is 1. The van der Waals surface area contributed by atoms with Crippen molar-refractivity contribution in [3.63, 3.8) is 0 Å². The van der Waals surface area contributed by atoms with Gasteiger partial charge in [0.15, 0.2) is 29.0 Å². The molecule has 3 atom stereocenters. The van der Waals surface area contributed by atoms with Gasteiger partial charge in [0.1, 0.15) is 5.78 Å². The van der Waals surface area contributed by atoms with Gasteiger partial charge in [-0.25, -0.2) is 0 Å². The second-order valence-corrected chi connectivity index (χ2v) is 10.9. The molecule has 0 spiro atoms. The van der Waals surface area contributed by atoms with E-state index in [-0.39, 0.29) is 54.3 Å². The van der Waals surface area contributed by atoms with Gasteiger partial charge in [0, 0.05) is 43.0 Å². The van der Waals surface area contributed by atoms with Crippen molar-refractivity contribution in [1.82, 2.24) is 5.32 Å². The van der Waals surface area contributed by atoms with Crippen molar-refractivity contribution in [2.24, 2.45) is 16.6 Å². The predicted molar refractivity (Wildman–Crippen MR) is 151 cm³/mol. The molecule has 9 nitrogen and oxygen atoms in total. The Morgan fingerprint density at radius 1 is 1.15 bits per heavy atom. The molecular formula is C31H37N3O6. The van der Waals surface area contributed by atoms with Crippen molar-refractivity contribution >= 4 is 11.7 Å². The highest BCUT2D eigenvalue weighted by Crippen LogP contribution is 2.42. The molecule has 1 aliphatic carbocycles. The van der Waals surface area contributed by atoms with Crippen LogP contribution in [0.25, 0.3) is 0 Å². The second kappa shape index (κ2) is 12.1. The van der Waals surface area contributed by atoms with E-state index in [2.05, 4.69) is 22.2 Å². The van der Waals surface area contributed by atoms with E-state index in [4.69, 9.17) is 15.2 Å². The fourth-order valence-electron chi connectivity index (χ4n) is 5.94. The number of ether oxygens (including phenoxy) is 2. The van der Waals surface area contributed by atoms with Crippen molar-refractivity contribution in [3.05, 3.63) is 46.0 Å². The van der Waals surface area contributed by atoms with Crippen molar-refractivity contribution in [2.75, 3.05) is 20.3 Å². The molecule has 0 radical (unpaired) electrons. The first-order valence-electron chi connectivity index (χ1n) is 14.0. The number of nitrogens with one attached hydrogen (secondary N) is 1. The van der Waals surface area contributed by atoms with Crippen LogP contribution < -0.4 is 20.5 Å². The third-order valence-corrected chi connectivity index (χ3v) is 8.02. The van der Waals surface area contributed by atoms with E-state index in [0.29, 0.717) is 55.3 Å². The maximum Gasteiger partial charge on any atom is 0.188 e. The standard InChI is InChI=1S/C31H37N3O6/c1-39-29-25-4-2-3-21-15-20(6-9-24(36)16-23(35)8-5-19(25)7-10-27(29)37)26-14-18(17-40-30(26)28(21)38)13-22-11-12-33-31(32)34-22/h7,10,15,18,22,24,36-38H,3,5-6,8-9,11-14,16-17H2,1H3,(H3,32,33,34)/t18-,22+,24-/m1/s1. The van der Waals surface area contributed by atoms with Crippen LogP contribution in [0.15, 0.2) is 23.2 Å². The summed E-state index contributed by atoms with van der Waals surface area (Å²) in [5, 5.41) is 35.5. The highest BCUT2D eigenvalue weighted by molar-refractivity contribution is 5.79. The number of nitrogens with zero attached hydrogens (tertiary/aromatic N) is 1. The molecule has 6 N–H and O–H groups in total. The van der Waals surface area contributed by atoms with Crippen molar-refractivity contribution in [2.45, 2.75) is 69.9 Å². The normalized spacial score (nSPS) is 23.0. The highest BCUT2D eigenvalue weighted by atomic mass is 16.5. The molecule has 0 saturated carbocycles. The molecule has 0 aromatic heterocycles. The molecule has 2 bridgehead atoms. The Kier molecular flexibility index (Phi) is 8.36. The molecule has 2 aromatic rings. The van der Waals surface area contributed by atoms with Gasteiger partial charge < -0.3 is 35.8 Å². The number of Topliss-reactive ketones (excluding diaryl/α,β-unsaturated/α-hetero) is 1. The maximum absolute atomic E-state index is 12.7. The number of carbonyl (C=O) groups excluding carboxylic acids is 1. The minimum absolute atomic E-state index is 0.0320. The van der Waals surface area contributed by atoms with Gasteiger partial charge in [-0.05, 0) is 61.6 Å². The Hall–Kier alpha value is -3.90. The summed E-state index contributed by atoms with van der Waals surface area (Å²) in [6, 6.07) is 5.45. The Balaban J connectivity index is 1.48. The number of fused-ring (bicyclic) bond motifs is 5. The molecular weight excluding hydrogens is 510 g/mol. The topological polar surface area (TPSA) is 147 Å². The molecule has 0 fully saturated rings. The third-order valence-electron chi connectivity index (χ3n) is 8.02. The number of phenolic OH excluding ortho intramolecular Hbond substituents is 2. The molecule has 0 amide bonds. The SMILES string of the molecule is COc1c(O)ccc2c1C#CCc1cc(c3c(c1O)OC[C@H](C[C@@H]1CCN=C(N)N1)C3)CC[C@@H](O)CC(=O)CC2. The van der Waals surface area contributed by atoms with E-state index in [1.807, 2.05) is 6.07 Å². The highest BCUT2D eigenvalue weighted by Gasteiger charge is 2.29. The summed E-state index contributed by atoms with van der Waals surface area (Å²) in [4.78, 5) is 16.9. The van der Waals surface area contributed by atoms with Gasteiger partial charge in [0.05, 0.1) is 25.4 Å². The summed E-state index contributed by atoms with van der Waals surface area (Å²) < 4.78 is 11.6. The molecule has 2 heterocycles. The number of nitrogens with two attached hydrogens (primary N) is 1. The number of hydrogen-bond acceptors (Lipinski definition) is 9. The van der Waals surface area contributed by atoms with Gasteiger partial charge in [-0.2, -0.15) is 0 Å². The number of aliphatic imine (C=N–C) groups is 1. The Bertz CT molecular complexity index is 1380. The first kappa shape index (κ1) is 27.7. The Morgan fingerprint density at radius 2 is 2.00 bits per heavy atom. The number of benzene rings is 2. The van der Waals surface area contributed by atoms with E-state index < -0.39 is 6.10 Å². The second-order valence-electron chi connectivity index (χ2n) is 10.9. The van der Waals surface area contributed by atoms with Gasteiger partial charge in [-0.3, -0.25) is 9.79 Å². The molecule has 9 heteroatoms. The summed E-state index contributed by atoms with van der Waals surface area (Å²) in [6.07, 6.45) is 3.71. The average Bonchev–Trinajstić information content (AvgIpc) is 2.93. The maximum atomic E-state index is 12.7. The lowest BCUT2D eigenvalue weighted by molar-refractivity contribution is -0.121. The summed E-state index contributed by atoms with van der Waals surface area (Å²) >= 11 is 0. The average molecular weight is 548 g/mol. The number of aliphatic hydroxyl groups excluding tert-OH is 1. The predicted octanol–water partition coefficient (Wildman–Crippen LogP) is 2.52. The van der Waals surface area contributed by atoms with E-state index in [1.165, 1.54) is 13.2 Å². The van der Waals surface area contributed by atoms with Gasteiger partial charge in [-0.15, -0.1) is 0 Å². The lowest BCUT2D eigenvalue weighted by atomic mass is 9.85. The number of aliphatic hydroxyl groups is 1. The smallest absolute Gasteiger partial charge is 0.188 e. The van der Waals surface area contributed by atoms with Crippen LogP contribution in [0.1, 0.15) is 59.9 Å². The lowest BCUT2D eigenvalue weighted by Crippen LogP contribution is -2.45. The fraction of sp³-hybridized carbons (Fsp3) is 0.484. The van der Waals surface area contributed by atoms with Crippen LogP contribution in [0.2, 0.25) is 0 Å². The molecule has 40 heavy (non-hydrogen) atoms. The zero-order valence-corrected chi connectivity index (χ0v) is 22.8. The van der Waals surface area contributed by atoms with Crippen molar-refractivity contribution in [1.29, 1.82) is 0 Å². The quantitative estimate of drug-likeness (QED) is 0.369. The zero-order chi connectivity index (χ0) is 28.2. The van der Waals surface area contributed by atoms with Crippen molar-refractivity contribution < 1.29 is 29.6 Å². The summed E-state index contributed by atoms with van der Waals surface area (Å²) in [7, 11) is 1.47. The van der Waals surface area contributed by atoms with Crippen LogP contribution in [0.4, 0.5) is 0 Å². The third kappa shape index (κ3) is 6.13. The van der Waals surface area contributed by atoms with Crippen LogP contribution in [-0.2, 0) is 30.5 Å². The molecule has 5 rings (SSSR count). The molecule has 212 valence electrons. The number of aryl methyl sites for hydroxylation is 2. The molecule has 0 saturated heterocycles. The largest absolute Gasteiger partial charge is 0.504 e. The molecule has 3 aliphatic rings. The first-order chi connectivity index (χ1) is 19.3. The van der Waals surface area contributed by atoms with Crippen LogP contribution in [0, 0.1) is 17.8 Å². The van der Waals surface area contributed by atoms with Crippen molar-refractivity contribution in [3.8, 4) is 34.8 Å². The molecule has 2 aromatic carbocycles. The van der Waals surface area contributed by atoms with Crippen LogP contribution in [0.3, 0.4) is 0 Å². The molecule has 0 unspecified atom stereocenters. The van der Waals surface area contributed by atoms with E-state index in [9.17, 15) is 20.1 Å². The van der Waals surface area contributed by atoms with Crippen LogP contribution in [-0.4, -0.2) is 59.5 Å². The Labute approximate surface area is 234 Å². The number of hydrogen-bond donors (Lipinski definition) is 5. The number of carbonyl (C=O) groups is 1.